The van der Waals surface area contributed by atoms with Gasteiger partial charge >= 0.3 is 6.18 Å². The minimum atomic E-state index is -4.38. The number of fused-ring (bicyclic) bond motifs is 1. The second-order valence-electron chi connectivity index (χ2n) is 8.34. The van der Waals surface area contributed by atoms with E-state index in [-0.39, 0.29) is 0 Å². The molecule has 5 rings (SSSR count). The van der Waals surface area contributed by atoms with Crippen LogP contribution >= 0.6 is 11.3 Å². The summed E-state index contributed by atoms with van der Waals surface area (Å²) in [7, 11) is 0. The van der Waals surface area contributed by atoms with Crippen molar-refractivity contribution in [1.82, 2.24) is 19.9 Å². The first-order chi connectivity index (χ1) is 14.5. The lowest BCUT2D eigenvalue weighted by atomic mass is 9.87. The van der Waals surface area contributed by atoms with E-state index in [9.17, 15) is 13.2 Å². The molecule has 1 saturated heterocycles. The molecule has 1 aliphatic heterocycles. The molecule has 1 aromatic carbocycles. The largest absolute Gasteiger partial charge is 0.416 e. The number of hydrogen-bond acceptors (Lipinski definition) is 5. The van der Waals surface area contributed by atoms with Crippen molar-refractivity contribution in [2.75, 3.05) is 18.4 Å². The number of nitrogens with one attached hydrogen (secondary N) is 2. The van der Waals surface area contributed by atoms with Crippen molar-refractivity contribution in [3.05, 3.63) is 36.0 Å². The summed E-state index contributed by atoms with van der Waals surface area (Å²) in [5.74, 6) is 1.42. The van der Waals surface area contributed by atoms with E-state index in [0.717, 1.165) is 55.5 Å². The molecule has 160 valence electrons. The molecule has 0 bridgehead atoms. The van der Waals surface area contributed by atoms with Gasteiger partial charge in [0.15, 0.2) is 0 Å². The summed E-state index contributed by atoms with van der Waals surface area (Å²) in [4.78, 5) is 5.07. The fraction of sp³-hybridized carbons (Fsp3) is 0.524. The van der Waals surface area contributed by atoms with Crippen molar-refractivity contribution in [1.29, 1.82) is 0 Å². The molecule has 5 nitrogen and oxygen atoms in total. The van der Waals surface area contributed by atoms with Crippen molar-refractivity contribution in [2.45, 2.75) is 44.3 Å². The van der Waals surface area contributed by atoms with Gasteiger partial charge in [-0.2, -0.15) is 13.2 Å². The molecule has 1 saturated carbocycles. The van der Waals surface area contributed by atoms with Crippen molar-refractivity contribution in [2.24, 2.45) is 11.8 Å². The van der Waals surface area contributed by atoms with Gasteiger partial charge in [0.2, 0.25) is 10.1 Å². The molecular formula is C21H24F3N5S. The summed E-state index contributed by atoms with van der Waals surface area (Å²) in [6.07, 6.45) is 3.30. The molecule has 2 aliphatic rings. The number of aromatic nitrogens is 3. The number of nitrogens with zero attached hydrogens (tertiary/aromatic N) is 3. The van der Waals surface area contributed by atoms with E-state index in [1.807, 2.05) is 0 Å². The Hall–Kier alpha value is -2.13. The number of rotatable bonds is 6. The fourth-order valence-electron chi connectivity index (χ4n) is 4.29. The summed E-state index contributed by atoms with van der Waals surface area (Å²) >= 11 is 1.45. The highest BCUT2D eigenvalue weighted by molar-refractivity contribution is 7.20. The number of anilines is 1. The van der Waals surface area contributed by atoms with Crippen molar-refractivity contribution < 1.29 is 13.2 Å². The van der Waals surface area contributed by atoms with E-state index >= 15 is 0 Å². The number of hydrogen-bond donors (Lipinski definition) is 2. The molecule has 2 fully saturated rings. The third-order valence-corrected chi connectivity index (χ3v) is 6.97. The fourth-order valence-corrected chi connectivity index (χ4v) is 5.13. The van der Waals surface area contributed by atoms with Gasteiger partial charge in [0.05, 0.1) is 17.5 Å². The molecule has 3 heterocycles. The molecule has 2 aromatic heterocycles. The first-order valence-corrected chi connectivity index (χ1v) is 11.3. The summed E-state index contributed by atoms with van der Waals surface area (Å²) in [6, 6.07) is 5.70. The Morgan fingerprint density at radius 3 is 2.73 bits per heavy atom. The van der Waals surface area contributed by atoms with E-state index in [2.05, 4.69) is 20.7 Å². The maximum Gasteiger partial charge on any atom is 0.416 e. The third kappa shape index (κ3) is 4.18. The number of alkyl halides is 3. The van der Waals surface area contributed by atoms with E-state index in [4.69, 9.17) is 0 Å². The van der Waals surface area contributed by atoms with Gasteiger partial charge in [-0.15, -0.1) is 5.10 Å². The molecule has 0 spiro atoms. The zero-order valence-corrected chi connectivity index (χ0v) is 17.3. The lowest BCUT2D eigenvalue weighted by Crippen LogP contribution is -2.38. The highest BCUT2D eigenvalue weighted by Crippen LogP contribution is 2.38. The third-order valence-electron chi connectivity index (χ3n) is 6.12. The van der Waals surface area contributed by atoms with Gasteiger partial charge < -0.3 is 10.6 Å². The Labute approximate surface area is 176 Å². The van der Waals surface area contributed by atoms with Crippen LogP contribution < -0.4 is 10.6 Å². The normalized spacial score (nSPS) is 19.3. The monoisotopic (exact) mass is 435 g/mol. The molecule has 1 atom stereocenters. The molecule has 1 unspecified atom stereocenters. The van der Waals surface area contributed by atoms with Crippen LogP contribution in [0.2, 0.25) is 0 Å². The van der Waals surface area contributed by atoms with Crippen LogP contribution in [0.5, 0.6) is 0 Å². The Kier molecular flexibility index (Phi) is 5.18. The molecule has 30 heavy (non-hydrogen) atoms. The van der Waals surface area contributed by atoms with E-state index in [1.165, 1.54) is 30.2 Å². The van der Waals surface area contributed by atoms with Gasteiger partial charge in [-0.1, -0.05) is 36.3 Å². The van der Waals surface area contributed by atoms with Crippen LogP contribution in [-0.2, 0) is 6.18 Å². The zero-order valence-electron chi connectivity index (χ0n) is 16.5. The summed E-state index contributed by atoms with van der Waals surface area (Å²) in [5, 5.41) is 12.5. The van der Waals surface area contributed by atoms with Crippen LogP contribution in [0, 0.1) is 11.8 Å². The van der Waals surface area contributed by atoms with Gasteiger partial charge in [0, 0.05) is 11.6 Å². The number of halogens is 3. The van der Waals surface area contributed by atoms with E-state index in [1.54, 1.807) is 16.8 Å². The molecule has 2 N–H and O–H groups in total. The van der Waals surface area contributed by atoms with Crippen molar-refractivity contribution in [3.8, 4) is 11.3 Å². The number of benzene rings is 1. The SMILES string of the molecule is FC(F)(F)c1cccc(-c2cnc3sc(NC(CC4CC4)C4CCNCC4)nn23)c1. The van der Waals surface area contributed by atoms with Crippen LogP contribution in [0.1, 0.15) is 37.7 Å². The quantitative estimate of drug-likeness (QED) is 0.569. The minimum Gasteiger partial charge on any atom is -0.357 e. The predicted molar refractivity (Wildman–Crippen MR) is 112 cm³/mol. The average Bonchev–Trinajstić information content (AvgIpc) is 3.33. The van der Waals surface area contributed by atoms with Gasteiger partial charge in [-0.3, -0.25) is 0 Å². The average molecular weight is 436 g/mol. The molecule has 1 aliphatic carbocycles. The molecular weight excluding hydrogens is 411 g/mol. The lowest BCUT2D eigenvalue weighted by molar-refractivity contribution is -0.137. The summed E-state index contributed by atoms with van der Waals surface area (Å²) in [6.45, 7) is 2.10. The zero-order chi connectivity index (χ0) is 20.7. The van der Waals surface area contributed by atoms with Gasteiger partial charge in [-0.25, -0.2) is 9.50 Å². The molecule has 3 aromatic rings. The van der Waals surface area contributed by atoms with E-state index in [0.29, 0.717) is 28.2 Å². The Morgan fingerprint density at radius 2 is 2.00 bits per heavy atom. The lowest BCUT2D eigenvalue weighted by Gasteiger charge is -2.31. The standard InChI is InChI=1S/C21H24F3N5S/c22-21(23,24)16-3-1-2-15(11-16)18-12-26-20-29(18)28-19(30-20)27-17(10-13-4-5-13)14-6-8-25-9-7-14/h1-3,11-14,17,25H,4-10H2,(H,27,28). The van der Waals surface area contributed by atoms with Crippen LogP contribution in [0.4, 0.5) is 18.3 Å². The van der Waals surface area contributed by atoms with Crippen LogP contribution in [0.15, 0.2) is 30.5 Å². The van der Waals surface area contributed by atoms with Crippen molar-refractivity contribution in [3.63, 3.8) is 0 Å². The highest BCUT2D eigenvalue weighted by atomic mass is 32.1. The molecule has 0 radical (unpaired) electrons. The molecule has 0 amide bonds. The van der Waals surface area contributed by atoms with Crippen LogP contribution in [-0.4, -0.2) is 33.7 Å². The smallest absolute Gasteiger partial charge is 0.357 e. The van der Waals surface area contributed by atoms with Crippen LogP contribution in [0.25, 0.3) is 16.2 Å². The first-order valence-electron chi connectivity index (χ1n) is 10.5. The maximum atomic E-state index is 13.1. The Balaban J connectivity index is 1.41. The van der Waals surface area contributed by atoms with Crippen molar-refractivity contribution >= 4 is 21.4 Å². The summed E-state index contributed by atoms with van der Waals surface area (Å²) < 4.78 is 41.0. The Bertz CT molecular complexity index is 1020. The minimum absolute atomic E-state index is 0.382. The molecule has 9 heteroatoms. The maximum absolute atomic E-state index is 13.1. The second kappa shape index (κ2) is 7.85. The van der Waals surface area contributed by atoms with E-state index < -0.39 is 11.7 Å². The second-order valence-corrected chi connectivity index (χ2v) is 9.30. The van der Waals surface area contributed by atoms with Gasteiger partial charge in [0.25, 0.3) is 0 Å². The highest BCUT2D eigenvalue weighted by Gasteiger charge is 2.32. The van der Waals surface area contributed by atoms with Gasteiger partial charge in [-0.05, 0) is 56.3 Å². The predicted octanol–water partition coefficient (Wildman–Crippen LogP) is 5.06. The van der Waals surface area contributed by atoms with Crippen LogP contribution in [0.3, 0.4) is 0 Å². The van der Waals surface area contributed by atoms with Gasteiger partial charge in [0.1, 0.15) is 0 Å². The first kappa shape index (κ1) is 19.8. The number of imidazole rings is 1. The Morgan fingerprint density at radius 1 is 1.20 bits per heavy atom. The number of piperidine rings is 1. The topological polar surface area (TPSA) is 54.2 Å². The summed E-state index contributed by atoms with van der Waals surface area (Å²) in [5.41, 5.74) is 0.363.